The van der Waals surface area contributed by atoms with E-state index in [0.717, 1.165) is 37.9 Å². The standard InChI is InChI=1S/C20H27NO2/c1-14-9-10-20(21)13-17(23-3)12-19(20)18(14)8-7-15-5-4-6-16(11-15)22-2/h4-6,9,11,17H,7-8,10,12-13,21H2,1-3H3/t17?,20-/m1/s1. The highest BCUT2D eigenvalue weighted by Gasteiger charge is 2.42. The molecule has 0 radical (unpaired) electrons. The Morgan fingerprint density at radius 1 is 1.26 bits per heavy atom. The predicted octanol–water partition coefficient (Wildman–Crippen LogP) is 3.78. The first-order valence-corrected chi connectivity index (χ1v) is 8.40. The summed E-state index contributed by atoms with van der Waals surface area (Å²) < 4.78 is 10.9. The molecule has 1 fully saturated rings. The van der Waals surface area contributed by atoms with E-state index in [4.69, 9.17) is 15.2 Å². The van der Waals surface area contributed by atoms with Gasteiger partial charge in [-0.3, -0.25) is 0 Å². The monoisotopic (exact) mass is 313 g/mol. The lowest BCUT2D eigenvalue weighted by molar-refractivity contribution is 0.104. The van der Waals surface area contributed by atoms with Crippen LogP contribution in [0, 0.1) is 0 Å². The highest BCUT2D eigenvalue weighted by atomic mass is 16.5. The third-order valence-corrected chi connectivity index (χ3v) is 5.37. The minimum Gasteiger partial charge on any atom is -0.497 e. The molecule has 124 valence electrons. The minimum absolute atomic E-state index is 0.191. The van der Waals surface area contributed by atoms with Gasteiger partial charge in [-0.05, 0) is 67.9 Å². The molecule has 0 aliphatic heterocycles. The molecule has 2 N–H and O–H groups in total. The van der Waals surface area contributed by atoms with Crippen LogP contribution in [0.1, 0.15) is 38.2 Å². The fourth-order valence-corrected chi connectivity index (χ4v) is 3.97. The van der Waals surface area contributed by atoms with Gasteiger partial charge in [-0.1, -0.05) is 23.8 Å². The van der Waals surface area contributed by atoms with Gasteiger partial charge in [-0.25, -0.2) is 0 Å². The number of nitrogens with two attached hydrogens (primary N) is 1. The highest BCUT2D eigenvalue weighted by Crippen LogP contribution is 2.45. The molecule has 3 nitrogen and oxygen atoms in total. The number of benzene rings is 1. The van der Waals surface area contributed by atoms with Crippen LogP contribution in [0.15, 0.2) is 47.1 Å². The van der Waals surface area contributed by atoms with Crippen LogP contribution in [0.25, 0.3) is 0 Å². The largest absolute Gasteiger partial charge is 0.497 e. The Hall–Kier alpha value is -1.58. The maximum Gasteiger partial charge on any atom is 0.119 e. The van der Waals surface area contributed by atoms with Gasteiger partial charge in [0.05, 0.1) is 13.2 Å². The molecule has 3 heteroatoms. The minimum atomic E-state index is -0.191. The summed E-state index contributed by atoms with van der Waals surface area (Å²) in [6.07, 6.45) is 7.46. The zero-order valence-electron chi connectivity index (χ0n) is 14.4. The quantitative estimate of drug-likeness (QED) is 0.899. The number of methoxy groups -OCH3 is 2. The van der Waals surface area contributed by atoms with Crippen LogP contribution in [0.2, 0.25) is 0 Å². The van der Waals surface area contributed by atoms with E-state index in [-0.39, 0.29) is 11.6 Å². The van der Waals surface area contributed by atoms with Gasteiger partial charge in [0.1, 0.15) is 5.75 Å². The Kier molecular flexibility index (Phi) is 4.60. The Morgan fingerprint density at radius 3 is 2.83 bits per heavy atom. The first kappa shape index (κ1) is 16.3. The third kappa shape index (κ3) is 3.22. The molecule has 1 aromatic rings. The number of hydrogen-bond donors (Lipinski definition) is 1. The van der Waals surface area contributed by atoms with Gasteiger partial charge in [0.15, 0.2) is 0 Å². The predicted molar refractivity (Wildman–Crippen MR) is 93.7 cm³/mol. The molecule has 0 heterocycles. The van der Waals surface area contributed by atoms with Crippen molar-refractivity contribution in [3.05, 3.63) is 52.6 Å². The van der Waals surface area contributed by atoms with E-state index in [9.17, 15) is 0 Å². The zero-order chi connectivity index (χ0) is 16.4. The number of rotatable bonds is 5. The summed E-state index contributed by atoms with van der Waals surface area (Å²) in [5.41, 5.74) is 12.1. The molecule has 0 bridgehead atoms. The molecule has 2 aliphatic carbocycles. The van der Waals surface area contributed by atoms with Crippen molar-refractivity contribution in [1.29, 1.82) is 0 Å². The van der Waals surface area contributed by atoms with Crippen molar-refractivity contribution in [3.8, 4) is 5.75 Å². The molecule has 2 atom stereocenters. The highest BCUT2D eigenvalue weighted by molar-refractivity contribution is 5.46. The summed E-state index contributed by atoms with van der Waals surface area (Å²) in [5.74, 6) is 0.921. The average Bonchev–Trinajstić information content (AvgIpc) is 2.91. The Morgan fingerprint density at radius 2 is 2.09 bits per heavy atom. The van der Waals surface area contributed by atoms with Crippen LogP contribution in [0.5, 0.6) is 5.75 Å². The zero-order valence-corrected chi connectivity index (χ0v) is 14.4. The van der Waals surface area contributed by atoms with Gasteiger partial charge in [-0.15, -0.1) is 0 Å². The normalized spacial score (nSPS) is 27.0. The maximum atomic E-state index is 6.70. The summed E-state index contributed by atoms with van der Waals surface area (Å²) in [7, 11) is 3.51. The van der Waals surface area contributed by atoms with Gasteiger partial charge in [0.2, 0.25) is 0 Å². The van der Waals surface area contributed by atoms with E-state index < -0.39 is 0 Å². The molecular weight excluding hydrogens is 286 g/mol. The first-order valence-electron chi connectivity index (χ1n) is 8.40. The van der Waals surface area contributed by atoms with E-state index >= 15 is 0 Å². The maximum absolute atomic E-state index is 6.70. The number of aryl methyl sites for hydroxylation is 1. The topological polar surface area (TPSA) is 44.5 Å². The number of hydrogen-bond acceptors (Lipinski definition) is 3. The van der Waals surface area contributed by atoms with Gasteiger partial charge in [-0.2, -0.15) is 0 Å². The third-order valence-electron chi connectivity index (χ3n) is 5.37. The molecular formula is C20H27NO2. The Bertz CT molecular complexity index is 647. The van der Waals surface area contributed by atoms with Gasteiger partial charge in [0, 0.05) is 12.6 Å². The lowest BCUT2D eigenvalue weighted by atomic mass is 9.78. The second kappa shape index (κ2) is 6.50. The molecule has 0 spiro atoms. The SMILES string of the molecule is COc1cccc(CCC2=C3CC(OC)C[C@]3(N)CC=C2C)c1. The summed E-state index contributed by atoms with van der Waals surface area (Å²) in [6.45, 7) is 2.22. The molecule has 0 amide bonds. The van der Waals surface area contributed by atoms with Gasteiger partial charge in [0.25, 0.3) is 0 Å². The summed E-state index contributed by atoms with van der Waals surface area (Å²) in [5, 5.41) is 0. The van der Waals surface area contributed by atoms with E-state index in [1.54, 1.807) is 14.2 Å². The molecule has 2 aliphatic rings. The second-order valence-electron chi connectivity index (χ2n) is 6.82. The second-order valence-corrected chi connectivity index (χ2v) is 6.82. The Labute approximate surface area is 139 Å². The molecule has 1 aromatic carbocycles. The van der Waals surface area contributed by atoms with Crippen molar-refractivity contribution in [2.24, 2.45) is 5.73 Å². The van der Waals surface area contributed by atoms with Gasteiger partial charge < -0.3 is 15.2 Å². The summed E-state index contributed by atoms with van der Waals surface area (Å²) >= 11 is 0. The van der Waals surface area contributed by atoms with Crippen molar-refractivity contribution < 1.29 is 9.47 Å². The smallest absolute Gasteiger partial charge is 0.119 e. The average molecular weight is 313 g/mol. The van der Waals surface area contributed by atoms with Crippen LogP contribution in [0.4, 0.5) is 0 Å². The first-order chi connectivity index (χ1) is 11.1. The van der Waals surface area contributed by atoms with Crippen LogP contribution in [-0.2, 0) is 11.2 Å². The van der Waals surface area contributed by atoms with Crippen LogP contribution >= 0.6 is 0 Å². The van der Waals surface area contributed by atoms with Crippen LogP contribution < -0.4 is 10.5 Å². The Balaban J connectivity index is 1.81. The van der Waals surface area contributed by atoms with E-state index in [2.05, 4.69) is 31.2 Å². The van der Waals surface area contributed by atoms with Crippen molar-refractivity contribution in [3.63, 3.8) is 0 Å². The van der Waals surface area contributed by atoms with Crippen LogP contribution in [0.3, 0.4) is 0 Å². The molecule has 0 aromatic heterocycles. The lowest BCUT2D eigenvalue weighted by Crippen LogP contribution is -2.40. The van der Waals surface area contributed by atoms with Crippen molar-refractivity contribution in [2.45, 2.75) is 50.7 Å². The molecule has 3 rings (SSSR count). The summed E-state index contributed by atoms with van der Waals surface area (Å²) in [4.78, 5) is 0. The van der Waals surface area contributed by atoms with Crippen molar-refractivity contribution in [2.75, 3.05) is 14.2 Å². The fourth-order valence-electron chi connectivity index (χ4n) is 3.97. The van der Waals surface area contributed by atoms with E-state index in [0.29, 0.717) is 0 Å². The van der Waals surface area contributed by atoms with Crippen molar-refractivity contribution >= 4 is 0 Å². The molecule has 23 heavy (non-hydrogen) atoms. The number of ether oxygens (including phenoxy) is 2. The summed E-state index contributed by atoms with van der Waals surface area (Å²) in [6, 6.07) is 8.33. The lowest BCUT2D eigenvalue weighted by Gasteiger charge is -2.32. The van der Waals surface area contributed by atoms with E-state index in [1.165, 1.54) is 22.3 Å². The number of allylic oxidation sites excluding steroid dienone is 2. The van der Waals surface area contributed by atoms with E-state index in [1.807, 2.05) is 6.07 Å². The number of fused-ring (bicyclic) bond motifs is 1. The van der Waals surface area contributed by atoms with Crippen molar-refractivity contribution in [1.82, 2.24) is 0 Å². The molecule has 1 unspecified atom stereocenters. The van der Waals surface area contributed by atoms with Crippen LogP contribution in [-0.4, -0.2) is 25.9 Å². The molecule has 0 saturated heterocycles. The molecule has 1 saturated carbocycles. The fraction of sp³-hybridized carbons (Fsp3) is 0.500. The van der Waals surface area contributed by atoms with Gasteiger partial charge >= 0.3 is 0 Å².